The van der Waals surface area contributed by atoms with Gasteiger partial charge in [0.05, 0.1) is 17.0 Å². The van der Waals surface area contributed by atoms with Crippen molar-refractivity contribution in [3.63, 3.8) is 0 Å². The Labute approximate surface area is 190 Å². The molecular formula is C22H25ClN4O3S. The predicted octanol–water partition coefficient (Wildman–Crippen LogP) is 4.07. The van der Waals surface area contributed by atoms with Crippen LogP contribution in [0.5, 0.6) is 0 Å². The summed E-state index contributed by atoms with van der Waals surface area (Å²) in [4.78, 5) is 27.2. The summed E-state index contributed by atoms with van der Waals surface area (Å²) in [5, 5.41) is 1.25. The molecule has 0 fully saturated rings. The molecule has 1 N–H and O–H groups in total. The standard InChI is InChI=1S/C22H25ClN4O3S/c1-14-19(24-21(30-14)15-5-3-6-16(23)11-15)13-31-22-25-18-7-9-27(8-4-10-29-2)12-17(18)20(28)26-22/h3,5-6,11H,4,7-10,12-13H2,1-2H3,(H,25,26,28). The van der Waals surface area contributed by atoms with E-state index >= 15 is 0 Å². The van der Waals surface area contributed by atoms with E-state index in [0.717, 1.165) is 60.8 Å². The summed E-state index contributed by atoms with van der Waals surface area (Å²) in [6.45, 7) is 5.08. The molecule has 4 rings (SSSR count). The molecule has 164 valence electrons. The molecule has 0 atom stereocenters. The first-order valence-electron chi connectivity index (χ1n) is 10.2. The van der Waals surface area contributed by atoms with Crippen LogP contribution >= 0.6 is 23.4 Å². The van der Waals surface area contributed by atoms with Gasteiger partial charge >= 0.3 is 0 Å². The number of aromatic amines is 1. The lowest BCUT2D eigenvalue weighted by Gasteiger charge is -2.27. The summed E-state index contributed by atoms with van der Waals surface area (Å²) in [5.41, 5.74) is 3.27. The van der Waals surface area contributed by atoms with Crippen LogP contribution < -0.4 is 5.56 Å². The second-order valence-electron chi connectivity index (χ2n) is 7.49. The minimum atomic E-state index is -0.0552. The highest BCUT2D eigenvalue weighted by Crippen LogP contribution is 2.28. The van der Waals surface area contributed by atoms with Gasteiger partial charge in [0.25, 0.3) is 5.56 Å². The van der Waals surface area contributed by atoms with Gasteiger partial charge < -0.3 is 14.1 Å². The van der Waals surface area contributed by atoms with E-state index in [9.17, 15) is 4.79 Å². The highest BCUT2D eigenvalue weighted by Gasteiger charge is 2.21. The number of benzene rings is 1. The van der Waals surface area contributed by atoms with Crippen molar-refractivity contribution < 1.29 is 9.15 Å². The van der Waals surface area contributed by atoms with Crippen LogP contribution in [0.4, 0.5) is 0 Å². The fourth-order valence-electron chi connectivity index (χ4n) is 3.59. The minimum absolute atomic E-state index is 0.0552. The lowest BCUT2D eigenvalue weighted by atomic mass is 10.1. The molecule has 2 aromatic heterocycles. The van der Waals surface area contributed by atoms with E-state index in [4.69, 9.17) is 25.7 Å². The average Bonchev–Trinajstić information content (AvgIpc) is 3.13. The number of hydrogen-bond acceptors (Lipinski definition) is 7. The van der Waals surface area contributed by atoms with Crippen LogP contribution in [-0.2, 0) is 23.5 Å². The van der Waals surface area contributed by atoms with Crippen LogP contribution in [0.15, 0.2) is 38.6 Å². The number of H-pyrrole nitrogens is 1. The lowest BCUT2D eigenvalue weighted by molar-refractivity contribution is 0.166. The molecule has 0 amide bonds. The maximum absolute atomic E-state index is 12.7. The van der Waals surface area contributed by atoms with Crippen LogP contribution in [-0.4, -0.2) is 46.7 Å². The highest BCUT2D eigenvalue weighted by molar-refractivity contribution is 7.98. The molecule has 0 saturated carbocycles. The third kappa shape index (κ3) is 5.38. The number of ether oxygens (including phenoxy) is 1. The molecule has 0 saturated heterocycles. The van der Waals surface area contributed by atoms with E-state index in [2.05, 4.69) is 14.9 Å². The molecule has 3 aromatic rings. The van der Waals surface area contributed by atoms with Gasteiger partial charge in [-0.25, -0.2) is 9.97 Å². The third-order valence-corrected chi connectivity index (χ3v) is 6.38. The zero-order valence-electron chi connectivity index (χ0n) is 17.6. The molecule has 3 heterocycles. The molecule has 1 aliphatic heterocycles. The van der Waals surface area contributed by atoms with Crippen LogP contribution in [0.25, 0.3) is 11.5 Å². The Morgan fingerprint density at radius 2 is 2.23 bits per heavy atom. The van der Waals surface area contributed by atoms with Gasteiger partial charge in [0.1, 0.15) is 5.76 Å². The number of aryl methyl sites for hydroxylation is 1. The van der Waals surface area contributed by atoms with Crippen molar-refractivity contribution in [1.82, 2.24) is 19.9 Å². The molecule has 0 bridgehead atoms. The van der Waals surface area contributed by atoms with Gasteiger partial charge in [-0.3, -0.25) is 9.69 Å². The fraction of sp³-hybridized carbons (Fsp3) is 0.409. The second-order valence-corrected chi connectivity index (χ2v) is 8.89. The topological polar surface area (TPSA) is 84.2 Å². The van der Waals surface area contributed by atoms with E-state index in [1.807, 2.05) is 31.2 Å². The van der Waals surface area contributed by atoms with Crippen molar-refractivity contribution >= 4 is 23.4 Å². The van der Waals surface area contributed by atoms with Crippen LogP contribution in [0, 0.1) is 6.92 Å². The van der Waals surface area contributed by atoms with E-state index in [1.165, 1.54) is 11.8 Å². The van der Waals surface area contributed by atoms with Gasteiger partial charge in [0, 0.05) is 56.1 Å². The van der Waals surface area contributed by atoms with Crippen molar-refractivity contribution in [2.75, 3.05) is 26.8 Å². The monoisotopic (exact) mass is 460 g/mol. The summed E-state index contributed by atoms with van der Waals surface area (Å²) < 4.78 is 10.9. The Balaban J connectivity index is 1.43. The van der Waals surface area contributed by atoms with E-state index in [-0.39, 0.29) is 5.56 Å². The van der Waals surface area contributed by atoms with Gasteiger partial charge in [-0.2, -0.15) is 0 Å². The number of aromatic nitrogens is 3. The van der Waals surface area contributed by atoms with E-state index in [0.29, 0.717) is 28.4 Å². The summed E-state index contributed by atoms with van der Waals surface area (Å²) in [6.07, 6.45) is 1.74. The fourth-order valence-corrected chi connectivity index (χ4v) is 4.66. The second kappa shape index (κ2) is 9.99. The first kappa shape index (κ1) is 22.1. The Bertz CT molecular complexity index is 1110. The number of oxazole rings is 1. The quantitative estimate of drug-likeness (QED) is 0.308. The molecule has 0 unspecified atom stereocenters. The molecular weight excluding hydrogens is 436 g/mol. The van der Waals surface area contributed by atoms with E-state index in [1.54, 1.807) is 7.11 Å². The predicted molar refractivity (Wildman–Crippen MR) is 122 cm³/mol. The largest absolute Gasteiger partial charge is 0.441 e. The van der Waals surface area contributed by atoms with Gasteiger partial charge in [-0.15, -0.1) is 0 Å². The highest BCUT2D eigenvalue weighted by atomic mass is 35.5. The van der Waals surface area contributed by atoms with Crippen molar-refractivity contribution in [1.29, 1.82) is 0 Å². The molecule has 0 radical (unpaired) electrons. The van der Waals surface area contributed by atoms with Crippen molar-refractivity contribution in [3.8, 4) is 11.5 Å². The zero-order valence-corrected chi connectivity index (χ0v) is 19.2. The minimum Gasteiger partial charge on any atom is -0.441 e. The maximum atomic E-state index is 12.7. The molecule has 1 aromatic carbocycles. The lowest BCUT2D eigenvalue weighted by Crippen LogP contribution is -2.36. The van der Waals surface area contributed by atoms with Crippen molar-refractivity contribution in [3.05, 3.63) is 62.4 Å². The van der Waals surface area contributed by atoms with Crippen LogP contribution in [0.3, 0.4) is 0 Å². The first-order chi connectivity index (χ1) is 15.0. The average molecular weight is 461 g/mol. The van der Waals surface area contributed by atoms with Crippen molar-refractivity contribution in [2.45, 2.75) is 37.2 Å². The molecule has 7 nitrogen and oxygen atoms in total. The maximum Gasteiger partial charge on any atom is 0.256 e. The molecule has 9 heteroatoms. The Morgan fingerprint density at radius 3 is 3.03 bits per heavy atom. The molecule has 1 aliphatic rings. The first-order valence-corrected chi connectivity index (χ1v) is 11.6. The molecule has 0 spiro atoms. The Hall–Kier alpha value is -2.13. The van der Waals surface area contributed by atoms with Crippen molar-refractivity contribution in [2.24, 2.45) is 0 Å². The Morgan fingerprint density at radius 1 is 1.35 bits per heavy atom. The summed E-state index contributed by atoms with van der Waals surface area (Å²) in [7, 11) is 1.71. The summed E-state index contributed by atoms with van der Waals surface area (Å²) in [5.74, 6) is 1.84. The number of hydrogen-bond donors (Lipinski definition) is 1. The van der Waals surface area contributed by atoms with Gasteiger partial charge in [-0.05, 0) is 31.5 Å². The van der Waals surface area contributed by atoms with Crippen LogP contribution in [0.2, 0.25) is 5.02 Å². The Kier molecular flexibility index (Phi) is 7.12. The molecule has 31 heavy (non-hydrogen) atoms. The number of rotatable bonds is 8. The number of nitrogens with one attached hydrogen (secondary N) is 1. The van der Waals surface area contributed by atoms with E-state index < -0.39 is 0 Å². The third-order valence-electron chi connectivity index (χ3n) is 5.26. The van der Waals surface area contributed by atoms with Gasteiger partial charge in [-0.1, -0.05) is 29.4 Å². The smallest absolute Gasteiger partial charge is 0.256 e. The number of halogens is 1. The van der Waals surface area contributed by atoms with Gasteiger partial charge in [0.15, 0.2) is 5.16 Å². The number of methoxy groups -OCH3 is 1. The molecule has 0 aliphatic carbocycles. The van der Waals surface area contributed by atoms with Crippen LogP contribution in [0.1, 0.15) is 29.1 Å². The van der Waals surface area contributed by atoms with Gasteiger partial charge in [0.2, 0.25) is 5.89 Å². The number of fused-ring (bicyclic) bond motifs is 1. The summed E-state index contributed by atoms with van der Waals surface area (Å²) >= 11 is 7.53. The normalized spacial score (nSPS) is 14.0. The number of thioether (sulfide) groups is 1. The SMILES string of the molecule is COCCCN1CCc2nc(SCc3nc(-c4cccc(Cl)c4)oc3C)[nH]c(=O)c2C1. The number of nitrogens with zero attached hydrogens (tertiary/aromatic N) is 3. The summed E-state index contributed by atoms with van der Waals surface area (Å²) in [6, 6.07) is 7.42. The zero-order chi connectivity index (χ0) is 21.8.